The Morgan fingerprint density at radius 3 is 2.72 bits per heavy atom. The van der Waals surface area contributed by atoms with Crippen molar-refractivity contribution in [3.8, 4) is 0 Å². The van der Waals surface area contributed by atoms with E-state index >= 15 is 0 Å². The minimum absolute atomic E-state index is 0.102. The smallest absolute Gasteiger partial charge is 0.340 e. The van der Waals surface area contributed by atoms with Crippen LogP contribution in [0.1, 0.15) is 17.2 Å². The van der Waals surface area contributed by atoms with Crippen LogP contribution in [-0.2, 0) is 6.42 Å². The molecule has 0 saturated heterocycles. The number of hydrogen-bond donors (Lipinski definition) is 0. The second-order valence-electron chi connectivity index (χ2n) is 5.64. The molecule has 10 heteroatoms. The van der Waals surface area contributed by atoms with Gasteiger partial charge in [-0.3, -0.25) is 0 Å². The van der Waals surface area contributed by atoms with E-state index < -0.39 is 18.0 Å². The molecule has 0 radical (unpaired) electrons. The number of fused-ring (bicyclic) bond motifs is 3. The zero-order valence-corrected chi connectivity index (χ0v) is 13.3. The van der Waals surface area contributed by atoms with Crippen molar-refractivity contribution in [2.24, 2.45) is 0 Å². The predicted molar refractivity (Wildman–Crippen MR) is 82.0 cm³/mol. The molecule has 3 aromatic rings. The van der Waals surface area contributed by atoms with Crippen LogP contribution in [0.15, 0.2) is 30.7 Å². The van der Waals surface area contributed by atoms with Gasteiger partial charge in [-0.2, -0.15) is 27.8 Å². The quantitative estimate of drug-likeness (QED) is 0.646. The second-order valence-corrected chi connectivity index (χ2v) is 6.05. The molecule has 0 amide bonds. The molecule has 130 valence electrons. The molecule has 0 spiro atoms. The number of nitrogens with zero attached hydrogens (tertiary/aromatic N) is 5. The van der Waals surface area contributed by atoms with Crippen molar-refractivity contribution in [1.29, 1.82) is 0 Å². The van der Waals surface area contributed by atoms with Crippen LogP contribution in [0.5, 0.6) is 0 Å². The number of aromatic nitrogens is 4. The van der Waals surface area contributed by atoms with Crippen LogP contribution >= 0.6 is 11.6 Å². The molecule has 1 unspecified atom stereocenters. The Morgan fingerprint density at radius 2 is 2.00 bits per heavy atom. The van der Waals surface area contributed by atoms with Gasteiger partial charge in [-0.05, 0) is 24.1 Å². The van der Waals surface area contributed by atoms with Crippen molar-refractivity contribution in [2.45, 2.75) is 18.6 Å². The summed E-state index contributed by atoms with van der Waals surface area (Å²) in [4.78, 5) is 9.13. The fourth-order valence-corrected chi connectivity index (χ4v) is 3.23. The van der Waals surface area contributed by atoms with Crippen LogP contribution in [0.3, 0.4) is 0 Å². The van der Waals surface area contributed by atoms with Crippen molar-refractivity contribution in [1.82, 2.24) is 19.6 Å². The molecule has 4 rings (SSSR count). The molecule has 0 fully saturated rings. The number of anilines is 1. The average Bonchev–Trinajstić information content (AvgIpc) is 3.15. The summed E-state index contributed by atoms with van der Waals surface area (Å²) in [7, 11) is 0. The first kappa shape index (κ1) is 16.1. The maximum atomic E-state index is 13.9. The molecule has 1 aliphatic rings. The minimum atomic E-state index is -4.63. The molecule has 25 heavy (non-hydrogen) atoms. The van der Waals surface area contributed by atoms with E-state index in [1.807, 2.05) is 0 Å². The van der Waals surface area contributed by atoms with E-state index in [0.717, 1.165) is 17.0 Å². The third-order valence-electron chi connectivity index (χ3n) is 4.13. The van der Waals surface area contributed by atoms with Crippen molar-refractivity contribution in [3.63, 3.8) is 0 Å². The van der Waals surface area contributed by atoms with E-state index in [1.165, 1.54) is 23.1 Å². The first-order valence-corrected chi connectivity index (χ1v) is 7.70. The van der Waals surface area contributed by atoms with Gasteiger partial charge in [0, 0.05) is 18.3 Å². The van der Waals surface area contributed by atoms with Gasteiger partial charge in [0.05, 0.1) is 5.02 Å². The van der Waals surface area contributed by atoms with E-state index in [-0.39, 0.29) is 28.7 Å². The summed E-state index contributed by atoms with van der Waals surface area (Å²) in [5.41, 5.74) is 0.397. The van der Waals surface area contributed by atoms with Gasteiger partial charge >= 0.3 is 6.18 Å². The third-order valence-corrected chi connectivity index (χ3v) is 4.44. The standard InChI is InChI=1S/C15H10ClF4N5/c16-10-2-1-8(5-11(10)17)12(15(18,19)20)24-4-3-9-6-21-14-22-7-23-25(14)13(9)24/h1-2,5-7,12H,3-4H2. The number of alkyl halides is 3. The Balaban J connectivity index is 1.88. The number of halogens is 5. The van der Waals surface area contributed by atoms with Gasteiger partial charge in [0.25, 0.3) is 5.78 Å². The van der Waals surface area contributed by atoms with Gasteiger partial charge in [-0.25, -0.2) is 9.37 Å². The molecule has 5 nitrogen and oxygen atoms in total. The van der Waals surface area contributed by atoms with Gasteiger partial charge < -0.3 is 4.90 Å². The largest absolute Gasteiger partial charge is 0.413 e. The summed E-state index contributed by atoms with van der Waals surface area (Å²) < 4.78 is 56.6. The average molecular weight is 372 g/mol. The van der Waals surface area contributed by atoms with Gasteiger partial charge in [0.1, 0.15) is 18.0 Å². The van der Waals surface area contributed by atoms with Crippen molar-refractivity contribution in [3.05, 3.63) is 52.7 Å². The summed E-state index contributed by atoms with van der Waals surface area (Å²) in [5.74, 6) is -0.428. The number of hydrogen-bond acceptors (Lipinski definition) is 4. The molecule has 0 bridgehead atoms. The van der Waals surface area contributed by atoms with Crippen LogP contribution in [0.4, 0.5) is 23.4 Å². The van der Waals surface area contributed by atoms with Gasteiger partial charge in [-0.15, -0.1) is 0 Å². The van der Waals surface area contributed by atoms with Crippen LogP contribution in [0.25, 0.3) is 5.78 Å². The highest BCUT2D eigenvalue weighted by atomic mass is 35.5. The molecule has 3 heterocycles. The lowest BCUT2D eigenvalue weighted by Crippen LogP contribution is -2.38. The van der Waals surface area contributed by atoms with Crippen LogP contribution in [0, 0.1) is 5.82 Å². The lowest BCUT2D eigenvalue weighted by molar-refractivity contribution is -0.150. The molecule has 2 aromatic heterocycles. The maximum Gasteiger partial charge on any atom is 0.413 e. The molecule has 0 saturated carbocycles. The molecular weight excluding hydrogens is 362 g/mol. The lowest BCUT2D eigenvalue weighted by Gasteiger charge is -2.32. The first-order chi connectivity index (χ1) is 11.9. The molecule has 0 N–H and O–H groups in total. The Bertz CT molecular complexity index is 955. The van der Waals surface area contributed by atoms with Crippen molar-refractivity contribution >= 4 is 23.2 Å². The van der Waals surface area contributed by atoms with E-state index in [4.69, 9.17) is 11.6 Å². The van der Waals surface area contributed by atoms with Crippen LogP contribution < -0.4 is 4.90 Å². The summed E-state index contributed by atoms with van der Waals surface area (Å²) in [5, 5.41) is 3.74. The zero-order valence-electron chi connectivity index (χ0n) is 12.5. The topological polar surface area (TPSA) is 46.3 Å². The Labute approximate surface area is 143 Å². The number of benzene rings is 1. The molecule has 1 atom stereocenters. The van der Waals surface area contributed by atoms with E-state index in [2.05, 4.69) is 15.1 Å². The summed E-state index contributed by atoms with van der Waals surface area (Å²) >= 11 is 5.60. The Morgan fingerprint density at radius 1 is 1.20 bits per heavy atom. The van der Waals surface area contributed by atoms with Gasteiger partial charge in [0.2, 0.25) is 0 Å². The summed E-state index contributed by atoms with van der Waals surface area (Å²) in [6.45, 7) is 0.102. The fraction of sp³-hybridized carbons (Fsp3) is 0.267. The van der Waals surface area contributed by atoms with E-state index in [0.29, 0.717) is 12.0 Å². The zero-order chi connectivity index (χ0) is 17.8. The van der Waals surface area contributed by atoms with Crippen LogP contribution in [-0.4, -0.2) is 32.3 Å². The summed E-state index contributed by atoms with van der Waals surface area (Å²) in [6.07, 6.45) is -1.53. The first-order valence-electron chi connectivity index (χ1n) is 7.32. The molecular formula is C15H10ClF4N5. The highest BCUT2D eigenvalue weighted by Gasteiger charge is 2.47. The monoisotopic (exact) mass is 371 g/mol. The summed E-state index contributed by atoms with van der Waals surface area (Å²) in [6, 6.07) is 1.09. The number of rotatable bonds is 2. The molecule has 1 aromatic carbocycles. The second kappa shape index (κ2) is 5.55. The minimum Gasteiger partial charge on any atom is -0.340 e. The Kier molecular flexibility index (Phi) is 3.57. The van der Waals surface area contributed by atoms with E-state index in [1.54, 1.807) is 0 Å². The van der Waals surface area contributed by atoms with E-state index in [9.17, 15) is 17.6 Å². The maximum absolute atomic E-state index is 13.9. The normalized spacial score (nSPS) is 15.6. The molecule has 0 aliphatic carbocycles. The highest BCUT2D eigenvalue weighted by molar-refractivity contribution is 6.30. The van der Waals surface area contributed by atoms with Crippen molar-refractivity contribution < 1.29 is 17.6 Å². The third kappa shape index (κ3) is 2.58. The van der Waals surface area contributed by atoms with Gasteiger partial charge in [-0.1, -0.05) is 17.7 Å². The van der Waals surface area contributed by atoms with Gasteiger partial charge in [0.15, 0.2) is 6.04 Å². The van der Waals surface area contributed by atoms with Crippen molar-refractivity contribution in [2.75, 3.05) is 11.4 Å². The fourth-order valence-electron chi connectivity index (χ4n) is 3.11. The highest BCUT2D eigenvalue weighted by Crippen LogP contribution is 2.43. The lowest BCUT2D eigenvalue weighted by atomic mass is 10.0. The SMILES string of the molecule is Fc1cc(C(N2CCc3cnc4ncnn4c32)C(F)(F)F)ccc1Cl. The Hall–Kier alpha value is -2.42. The predicted octanol–water partition coefficient (Wildman–Crippen LogP) is 3.58. The molecule has 1 aliphatic heterocycles. The van der Waals surface area contributed by atoms with Crippen LogP contribution in [0.2, 0.25) is 5.02 Å².